The number of hydrogen-bond donors (Lipinski definition) is 2. The Labute approximate surface area is 191 Å². The molecule has 4 aromatic rings. The first-order valence-corrected chi connectivity index (χ1v) is 10.9. The molecule has 3 atom stereocenters. The van der Waals surface area contributed by atoms with Gasteiger partial charge in [-0.1, -0.05) is 67.6 Å². The van der Waals surface area contributed by atoms with Crippen LogP contribution >= 0.6 is 0 Å². The summed E-state index contributed by atoms with van der Waals surface area (Å²) in [7, 11) is 0. The summed E-state index contributed by atoms with van der Waals surface area (Å²) in [4.78, 5) is 37.3. The van der Waals surface area contributed by atoms with Gasteiger partial charge in [-0.05, 0) is 25.3 Å². The van der Waals surface area contributed by atoms with Crippen molar-refractivity contribution in [2.45, 2.75) is 39.0 Å². The molecule has 8 heteroatoms. The number of rotatable bonds is 8. The standard InChI is InChI=1S/C25H27N5O3/c1-15(2)33-24(30-14-27-20-22(30)28-25(26)29-23(20)32)19(16(3)17-10-6-4-7-11-17)21(31)18-12-8-5-9-13-18/h4-16,19,24H,1-3H3,(H3,26,28,29,32). The van der Waals surface area contributed by atoms with E-state index in [1.807, 2.05) is 69.3 Å². The Bertz CT molecular complexity index is 1300. The number of hydrogen-bond acceptors (Lipinski definition) is 6. The molecule has 2 aromatic carbocycles. The monoisotopic (exact) mass is 445 g/mol. The van der Waals surface area contributed by atoms with Crippen molar-refractivity contribution in [3.05, 3.63) is 88.5 Å². The van der Waals surface area contributed by atoms with Gasteiger partial charge in [0.15, 0.2) is 16.9 Å². The lowest BCUT2D eigenvalue weighted by Gasteiger charge is -2.33. The van der Waals surface area contributed by atoms with Gasteiger partial charge in [-0.2, -0.15) is 4.98 Å². The van der Waals surface area contributed by atoms with Crippen molar-refractivity contribution in [2.75, 3.05) is 5.73 Å². The average molecular weight is 446 g/mol. The maximum atomic E-state index is 13.9. The van der Waals surface area contributed by atoms with Crippen LogP contribution < -0.4 is 11.3 Å². The number of aromatic nitrogens is 4. The highest BCUT2D eigenvalue weighted by molar-refractivity contribution is 5.98. The molecule has 0 radical (unpaired) electrons. The third-order valence-corrected chi connectivity index (χ3v) is 5.67. The molecule has 33 heavy (non-hydrogen) atoms. The van der Waals surface area contributed by atoms with E-state index in [0.717, 1.165) is 5.56 Å². The zero-order valence-electron chi connectivity index (χ0n) is 18.8. The Morgan fingerprint density at radius 2 is 1.67 bits per heavy atom. The number of anilines is 1. The van der Waals surface area contributed by atoms with E-state index in [-0.39, 0.29) is 34.9 Å². The van der Waals surface area contributed by atoms with Crippen molar-refractivity contribution >= 4 is 22.9 Å². The van der Waals surface area contributed by atoms with Gasteiger partial charge >= 0.3 is 0 Å². The number of ketones is 1. The van der Waals surface area contributed by atoms with Gasteiger partial charge in [0.05, 0.1) is 18.3 Å². The summed E-state index contributed by atoms with van der Waals surface area (Å²) in [5.74, 6) is -0.937. The summed E-state index contributed by atoms with van der Waals surface area (Å²) in [6.45, 7) is 5.81. The fourth-order valence-corrected chi connectivity index (χ4v) is 4.09. The molecule has 2 heterocycles. The molecule has 0 spiro atoms. The lowest BCUT2D eigenvalue weighted by molar-refractivity contribution is -0.0669. The molecule has 3 N–H and O–H groups in total. The number of fused-ring (bicyclic) bond motifs is 1. The molecule has 0 fully saturated rings. The molecular weight excluding hydrogens is 418 g/mol. The van der Waals surface area contributed by atoms with E-state index in [4.69, 9.17) is 10.5 Å². The summed E-state index contributed by atoms with van der Waals surface area (Å²) >= 11 is 0. The number of nitrogens with zero attached hydrogens (tertiary/aromatic N) is 3. The maximum absolute atomic E-state index is 13.9. The Balaban J connectivity index is 1.91. The highest BCUT2D eigenvalue weighted by atomic mass is 16.5. The Hall–Kier alpha value is -3.78. The van der Waals surface area contributed by atoms with Crippen molar-refractivity contribution < 1.29 is 9.53 Å². The van der Waals surface area contributed by atoms with E-state index in [1.165, 1.54) is 6.33 Å². The minimum Gasteiger partial charge on any atom is -0.369 e. The summed E-state index contributed by atoms with van der Waals surface area (Å²) < 4.78 is 7.98. The van der Waals surface area contributed by atoms with Crippen LogP contribution in [0.4, 0.5) is 5.95 Å². The molecule has 0 saturated heterocycles. The van der Waals surface area contributed by atoms with Gasteiger partial charge in [0, 0.05) is 5.56 Å². The third kappa shape index (κ3) is 4.56. The van der Waals surface area contributed by atoms with Crippen LogP contribution in [-0.4, -0.2) is 31.4 Å². The number of nitrogens with two attached hydrogens (primary N) is 1. The number of imidazole rings is 1. The molecule has 8 nitrogen and oxygen atoms in total. The minimum absolute atomic E-state index is 0.0282. The second-order valence-electron chi connectivity index (χ2n) is 8.31. The smallest absolute Gasteiger partial charge is 0.280 e. The minimum atomic E-state index is -0.772. The van der Waals surface area contributed by atoms with E-state index in [1.54, 1.807) is 16.7 Å². The van der Waals surface area contributed by atoms with E-state index < -0.39 is 17.7 Å². The molecule has 2 aromatic heterocycles. The number of aromatic amines is 1. The van der Waals surface area contributed by atoms with Crippen molar-refractivity contribution in [2.24, 2.45) is 5.92 Å². The van der Waals surface area contributed by atoms with Crippen molar-refractivity contribution in [1.29, 1.82) is 0 Å². The number of Topliss-reactive ketones (excluding diaryl/α,β-unsaturated/α-hetero) is 1. The van der Waals surface area contributed by atoms with Gasteiger partial charge in [-0.25, -0.2) is 4.98 Å². The van der Waals surface area contributed by atoms with E-state index in [0.29, 0.717) is 5.56 Å². The molecule has 0 aliphatic carbocycles. The van der Waals surface area contributed by atoms with E-state index >= 15 is 0 Å². The number of nitrogens with one attached hydrogen (secondary N) is 1. The highest BCUT2D eigenvalue weighted by Crippen LogP contribution is 2.38. The van der Waals surface area contributed by atoms with Crippen molar-refractivity contribution in [3.63, 3.8) is 0 Å². The zero-order chi connectivity index (χ0) is 23.5. The van der Waals surface area contributed by atoms with Gasteiger partial charge in [0.2, 0.25) is 5.95 Å². The molecular formula is C25H27N5O3. The molecule has 170 valence electrons. The molecule has 3 unspecified atom stereocenters. The van der Waals surface area contributed by atoms with Crippen molar-refractivity contribution in [1.82, 2.24) is 19.5 Å². The van der Waals surface area contributed by atoms with Gasteiger partial charge in [-0.15, -0.1) is 0 Å². The van der Waals surface area contributed by atoms with Gasteiger partial charge < -0.3 is 10.5 Å². The van der Waals surface area contributed by atoms with Gasteiger partial charge in [-0.3, -0.25) is 19.1 Å². The summed E-state index contributed by atoms with van der Waals surface area (Å²) in [5, 5.41) is 0. The second-order valence-corrected chi connectivity index (χ2v) is 8.31. The van der Waals surface area contributed by atoms with Crippen LogP contribution in [0.2, 0.25) is 0 Å². The molecule has 0 saturated carbocycles. The second kappa shape index (κ2) is 9.38. The normalized spacial score (nSPS) is 14.3. The molecule has 4 rings (SSSR count). The number of carbonyl (C=O) groups excluding carboxylic acids is 1. The summed E-state index contributed by atoms with van der Waals surface area (Å²) in [5.41, 5.74) is 7.36. The quantitative estimate of drug-likeness (QED) is 0.397. The highest BCUT2D eigenvalue weighted by Gasteiger charge is 2.38. The number of H-pyrrole nitrogens is 1. The summed E-state index contributed by atoms with van der Waals surface area (Å²) in [6.07, 6.45) is 0.509. The fourth-order valence-electron chi connectivity index (χ4n) is 4.09. The van der Waals surface area contributed by atoms with Crippen LogP contribution in [0.3, 0.4) is 0 Å². The predicted octanol–water partition coefficient (Wildman–Crippen LogP) is 3.93. The lowest BCUT2D eigenvalue weighted by Crippen LogP contribution is -2.34. The van der Waals surface area contributed by atoms with Crippen LogP contribution in [0.15, 0.2) is 71.8 Å². The van der Waals surface area contributed by atoms with Gasteiger partial charge in [0.25, 0.3) is 5.56 Å². The average Bonchev–Trinajstić information content (AvgIpc) is 3.23. The van der Waals surface area contributed by atoms with Gasteiger partial charge in [0.1, 0.15) is 6.23 Å². The van der Waals surface area contributed by atoms with Crippen LogP contribution in [0.1, 0.15) is 48.8 Å². The SMILES string of the molecule is CC(C)OC(C(C(=O)c1ccccc1)C(C)c1ccccc1)n1cnc2c(=O)[nH]c(N)nc21. The van der Waals surface area contributed by atoms with Crippen LogP contribution in [0.25, 0.3) is 11.2 Å². The Morgan fingerprint density at radius 3 is 2.30 bits per heavy atom. The Morgan fingerprint density at radius 1 is 1.03 bits per heavy atom. The van der Waals surface area contributed by atoms with Crippen molar-refractivity contribution in [3.8, 4) is 0 Å². The molecule has 0 aliphatic heterocycles. The van der Waals surface area contributed by atoms with Crippen LogP contribution in [-0.2, 0) is 4.74 Å². The number of benzene rings is 2. The largest absolute Gasteiger partial charge is 0.369 e. The summed E-state index contributed by atoms with van der Waals surface area (Å²) in [6, 6.07) is 19.0. The fraction of sp³-hybridized carbons (Fsp3) is 0.280. The zero-order valence-corrected chi connectivity index (χ0v) is 18.8. The number of ether oxygens (including phenoxy) is 1. The topological polar surface area (TPSA) is 116 Å². The lowest BCUT2D eigenvalue weighted by atomic mass is 9.81. The predicted molar refractivity (Wildman–Crippen MR) is 127 cm³/mol. The third-order valence-electron chi connectivity index (χ3n) is 5.67. The maximum Gasteiger partial charge on any atom is 0.280 e. The number of carbonyl (C=O) groups is 1. The first-order chi connectivity index (χ1) is 15.9. The van der Waals surface area contributed by atoms with Crippen LogP contribution in [0, 0.1) is 5.92 Å². The van der Waals surface area contributed by atoms with E-state index in [2.05, 4.69) is 15.0 Å². The first kappa shape index (κ1) is 22.4. The first-order valence-electron chi connectivity index (χ1n) is 10.9. The molecule has 0 amide bonds. The van der Waals surface area contributed by atoms with Crippen LogP contribution in [0.5, 0.6) is 0 Å². The molecule has 0 bridgehead atoms. The Kier molecular flexibility index (Phi) is 6.37. The van der Waals surface area contributed by atoms with E-state index in [9.17, 15) is 9.59 Å². The molecule has 0 aliphatic rings. The number of nitrogen functional groups attached to an aromatic ring is 1.